The highest BCUT2D eigenvalue weighted by Gasteiger charge is 2.23. The molecule has 0 heterocycles. The van der Waals surface area contributed by atoms with E-state index in [0.29, 0.717) is 34.5 Å². The van der Waals surface area contributed by atoms with Gasteiger partial charge in [-0.15, -0.1) is 0 Å². The fraction of sp³-hybridized carbons (Fsp3) is 0.625. The molecule has 0 atom stereocenters. The number of ether oxygens (including phenoxy) is 1. The summed E-state index contributed by atoms with van der Waals surface area (Å²) in [6, 6.07) is 6.35. The highest BCUT2D eigenvalue weighted by atomic mass is 35.5. The van der Waals surface area contributed by atoms with Gasteiger partial charge in [0.05, 0.1) is 5.02 Å². The van der Waals surface area contributed by atoms with Gasteiger partial charge >= 0.3 is 0 Å². The average molecular weight is 331 g/mol. The summed E-state index contributed by atoms with van der Waals surface area (Å²) in [5, 5.41) is 1.19. The average Bonchev–Trinajstić information content (AvgIpc) is 2.47. The molecule has 21 heavy (non-hydrogen) atoms. The van der Waals surface area contributed by atoms with Crippen molar-refractivity contribution in [3.8, 4) is 5.75 Å². The van der Waals surface area contributed by atoms with E-state index >= 15 is 0 Å². The third kappa shape index (κ3) is 5.03. The molecule has 1 aromatic carbocycles. The minimum Gasteiger partial charge on any atom is -0.491 e. The second kappa shape index (κ2) is 8.23. The molecule has 0 spiro atoms. The lowest BCUT2D eigenvalue weighted by molar-refractivity contribution is 0.132. The van der Waals surface area contributed by atoms with Crippen LogP contribution in [0.25, 0.3) is 0 Å². The molecule has 0 amide bonds. The van der Waals surface area contributed by atoms with E-state index in [4.69, 9.17) is 33.7 Å². The maximum absolute atomic E-state index is 6.11. The first-order chi connectivity index (χ1) is 10.1. The molecule has 0 saturated heterocycles. The van der Waals surface area contributed by atoms with Gasteiger partial charge in [-0.05, 0) is 50.4 Å². The summed E-state index contributed by atoms with van der Waals surface area (Å²) in [5.41, 5.74) is 5.97. The van der Waals surface area contributed by atoms with Crippen LogP contribution in [0.5, 0.6) is 5.75 Å². The molecule has 2 N–H and O–H groups in total. The Morgan fingerprint density at radius 3 is 2.57 bits per heavy atom. The summed E-state index contributed by atoms with van der Waals surface area (Å²) in [5.74, 6) is 0.697. The molecular weight excluding hydrogens is 307 g/mol. The van der Waals surface area contributed by atoms with Gasteiger partial charge in [0, 0.05) is 23.7 Å². The Labute approximate surface area is 137 Å². The Morgan fingerprint density at radius 1 is 1.24 bits per heavy atom. The van der Waals surface area contributed by atoms with Crippen LogP contribution in [-0.2, 0) is 0 Å². The second-order valence-electron chi connectivity index (χ2n) is 5.62. The smallest absolute Gasteiger partial charge is 0.138 e. The Balaban J connectivity index is 1.80. The Bertz CT molecular complexity index is 448. The summed E-state index contributed by atoms with van der Waals surface area (Å²) in [6.45, 7) is 4.79. The molecule has 2 rings (SSSR count). The zero-order valence-electron chi connectivity index (χ0n) is 12.5. The van der Waals surface area contributed by atoms with Crippen LogP contribution < -0.4 is 10.5 Å². The summed E-state index contributed by atoms with van der Waals surface area (Å²) in [6.07, 6.45) is 4.64. The van der Waals surface area contributed by atoms with Crippen molar-refractivity contribution in [2.45, 2.75) is 44.7 Å². The zero-order chi connectivity index (χ0) is 15.2. The molecule has 1 fully saturated rings. The van der Waals surface area contributed by atoms with E-state index in [0.717, 1.165) is 25.9 Å². The summed E-state index contributed by atoms with van der Waals surface area (Å²) >= 11 is 12.0. The minimum atomic E-state index is 0.393. The number of rotatable bonds is 6. The third-order valence-corrected chi connectivity index (χ3v) is 4.72. The maximum Gasteiger partial charge on any atom is 0.138 e. The highest BCUT2D eigenvalue weighted by molar-refractivity contribution is 6.35. The first-order valence-corrected chi connectivity index (χ1v) is 8.43. The molecule has 3 nitrogen and oxygen atoms in total. The molecule has 0 aromatic heterocycles. The number of hydrogen-bond acceptors (Lipinski definition) is 3. The minimum absolute atomic E-state index is 0.393. The van der Waals surface area contributed by atoms with E-state index in [9.17, 15) is 0 Å². The molecule has 1 aliphatic carbocycles. The first kappa shape index (κ1) is 16.9. The zero-order valence-corrected chi connectivity index (χ0v) is 14.0. The van der Waals surface area contributed by atoms with Crippen molar-refractivity contribution in [2.24, 2.45) is 5.73 Å². The third-order valence-electron chi connectivity index (χ3n) is 4.19. The standard InChI is InChI=1S/C16H24Cl2N2O/c1-2-20(14-6-4-13(19)5-7-14)9-10-21-16-8-3-12(17)11-15(16)18/h3,8,11,13-14H,2,4-7,9-10,19H2,1H3. The molecular formula is C16H24Cl2N2O. The van der Waals surface area contributed by atoms with Crippen LogP contribution in [0, 0.1) is 0 Å². The van der Waals surface area contributed by atoms with Crippen molar-refractivity contribution in [1.82, 2.24) is 4.90 Å². The van der Waals surface area contributed by atoms with Crippen molar-refractivity contribution in [2.75, 3.05) is 19.7 Å². The lowest BCUT2D eigenvalue weighted by Gasteiger charge is -2.35. The van der Waals surface area contributed by atoms with Crippen molar-refractivity contribution in [1.29, 1.82) is 0 Å². The van der Waals surface area contributed by atoms with Gasteiger partial charge in [0.1, 0.15) is 12.4 Å². The number of benzene rings is 1. The molecule has 0 unspecified atom stereocenters. The molecule has 0 bridgehead atoms. The monoisotopic (exact) mass is 330 g/mol. The van der Waals surface area contributed by atoms with Crippen LogP contribution in [0.15, 0.2) is 18.2 Å². The van der Waals surface area contributed by atoms with Crippen molar-refractivity contribution in [3.63, 3.8) is 0 Å². The summed E-state index contributed by atoms with van der Waals surface area (Å²) in [7, 11) is 0. The lowest BCUT2D eigenvalue weighted by atomic mass is 9.91. The molecule has 0 radical (unpaired) electrons. The van der Waals surface area contributed by atoms with Gasteiger partial charge in [0.2, 0.25) is 0 Å². The summed E-state index contributed by atoms with van der Waals surface area (Å²) < 4.78 is 5.78. The molecule has 1 aromatic rings. The second-order valence-corrected chi connectivity index (χ2v) is 6.46. The fourth-order valence-corrected chi connectivity index (χ4v) is 3.39. The predicted molar refractivity (Wildman–Crippen MR) is 89.4 cm³/mol. The van der Waals surface area contributed by atoms with Crippen LogP contribution in [-0.4, -0.2) is 36.7 Å². The molecule has 118 valence electrons. The van der Waals surface area contributed by atoms with Gasteiger partial charge in [-0.3, -0.25) is 4.90 Å². The number of nitrogens with two attached hydrogens (primary N) is 1. The summed E-state index contributed by atoms with van der Waals surface area (Å²) in [4.78, 5) is 2.48. The van der Waals surface area contributed by atoms with Gasteiger partial charge < -0.3 is 10.5 Å². The van der Waals surface area contributed by atoms with Crippen LogP contribution in [0.1, 0.15) is 32.6 Å². The maximum atomic E-state index is 6.11. The van der Waals surface area contributed by atoms with Crippen LogP contribution in [0.3, 0.4) is 0 Å². The van der Waals surface area contributed by atoms with Gasteiger partial charge in [-0.1, -0.05) is 30.1 Å². The number of hydrogen-bond donors (Lipinski definition) is 1. The van der Waals surface area contributed by atoms with E-state index in [2.05, 4.69) is 11.8 Å². The van der Waals surface area contributed by atoms with Gasteiger partial charge in [-0.25, -0.2) is 0 Å². The SMILES string of the molecule is CCN(CCOc1ccc(Cl)cc1Cl)C1CCC(N)CC1. The number of halogens is 2. The van der Waals surface area contributed by atoms with Crippen molar-refractivity contribution >= 4 is 23.2 Å². The lowest BCUT2D eigenvalue weighted by Crippen LogP contribution is -2.42. The van der Waals surface area contributed by atoms with Crippen LogP contribution in [0.2, 0.25) is 10.0 Å². The Kier molecular flexibility index (Phi) is 6.62. The van der Waals surface area contributed by atoms with Crippen LogP contribution >= 0.6 is 23.2 Å². The van der Waals surface area contributed by atoms with E-state index in [1.807, 2.05) is 6.07 Å². The topological polar surface area (TPSA) is 38.5 Å². The van der Waals surface area contributed by atoms with Crippen molar-refractivity contribution < 1.29 is 4.74 Å². The largest absolute Gasteiger partial charge is 0.491 e. The molecule has 1 aliphatic rings. The predicted octanol–water partition coefficient (Wildman–Crippen LogP) is 3.96. The number of nitrogens with zero attached hydrogens (tertiary/aromatic N) is 1. The van der Waals surface area contributed by atoms with Crippen LogP contribution in [0.4, 0.5) is 0 Å². The highest BCUT2D eigenvalue weighted by Crippen LogP contribution is 2.27. The fourth-order valence-electron chi connectivity index (χ4n) is 2.93. The van der Waals surface area contributed by atoms with E-state index < -0.39 is 0 Å². The van der Waals surface area contributed by atoms with Gasteiger partial charge in [0.25, 0.3) is 0 Å². The Morgan fingerprint density at radius 2 is 1.95 bits per heavy atom. The van der Waals surface area contributed by atoms with E-state index in [1.165, 1.54) is 12.8 Å². The van der Waals surface area contributed by atoms with Crippen molar-refractivity contribution in [3.05, 3.63) is 28.2 Å². The number of likely N-dealkylation sites (N-methyl/N-ethyl adjacent to an activating group) is 1. The Hall–Kier alpha value is -0.480. The first-order valence-electron chi connectivity index (χ1n) is 7.67. The normalized spacial score (nSPS) is 22.5. The molecule has 0 aliphatic heterocycles. The van der Waals surface area contributed by atoms with E-state index in [-0.39, 0.29) is 0 Å². The molecule has 1 saturated carbocycles. The molecule has 5 heteroatoms. The van der Waals surface area contributed by atoms with Gasteiger partial charge in [-0.2, -0.15) is 0 Å². The van der Waals surface area contributed by atoms with E-state index in [1.54, 1.807) is 12.1 Å². The van der Waals surface area contributed by atoms with Gasteiger partial charge in [0.15, 0.2) is 0 Å². The quantitative estimate of drug-likeness (QED) is 0.857.